The number of carbonyl (C=O) groups is 1. The summed E-state index contributed by atoms with van der Waals surface area (Å²) in [6, 6.07) is 12.0. The zero-order valence-corrected chi connectivity index (χ0v) is 15.0. The van der Waals surface area contributed by atoms with Crippen LogP contribution in [0.2, 0.25) is 0 Å². The first kappa shape index (κ1) is 17.8. The van der Waals surface area contributed by atoms with Gasteiger partial charge in [0.05, 0.1) is 11.9 Å². The number of aryl methyl sites for hydroxylation is 1. The van der Waals surface area contributed by atoms with Gasteiger partial charge in [-0.25, -0.2) is 9.78 Å². The van der Waals surface area contributed by atoms with Gasteiger partial charge in [-0.05, 0) is 64.4 Å². The largest absolute Gasteiger partial charge is 0.444 e. The molecule has 0 radical (unpaired) electrons. The first-order chi connectivity index (χ1) is 11.3. The second-order valence-corrected chi connectivity index (χ2v) is 6.61. The minimum Gasteiger partial charge on any atom is -0.444 e. The number of nitrogens with zero attached hydrogens (tertiary/aromatic N) is 2. The predicted octanol–water partition coefficient (Wildman–Crippen LogP) is 4.90. The number of hydrogen-bond donors (Lipinski definition) is 1. The highest BCUT2D eigenvalue weighted by atomic mass is 16.6. The lowest BCUT2D eigenvalue weighted by Gasteiger charge is -2.23. The van der Waals surface area contributed by atoms with Gasteiger partial charge in [0.1, 0.15) is 11.4 Å². The van der Waals surface area contributed by atoms with Crippen LogP contribution in [0.5, 0.6) is 0 Å². The third-order valence-corrected chi connectivity index (χ3v) is 3.32. The fourth-order valence-corrected chi connectivity index (χ4v) is 2.34. The molecule has 0 aliphatic carbocycles. The molecule has 24 heavy (non-hydrogen) atoms. The van der Waals surface area contributed by atoms with Crippen molar-refractivity contribution in [1.29, 1.82) is 0 Å². The molecule has 0 bridgehead atoms. The van der Waals surface area contributed by atoms with Gasteiger partial charge in [-0.1, -0.05) is 12.1 Å². The molecule has 0 spiro atoms. The van der Waals surface area contributed by atoms with Crippen molar-refractivity contribution in [3.05, 3.63) is 48.2 Å². The van der Waals surface area contributed by atoms with Gasteiger partial charge in [0.2, 0.25) is 0 Å². The van der Waals surface area contributed by atoms with Crippen LogP contribution in [0, 0.1) is 6.92 Å². The van der Waals surface area contributed by atoms with Crippen LogP contribution in [-0.4, -0.2) is 23.2 Å². The van der Waals surface area contributed by atoms with E-state index in [0.717, 1.165) is 17.9 Å². The van der Waals surface area contributed by atoms with Gasteiger partial charge in [-0.15, -0.1) is 0 Å². The van der Waals surface area contributed by atoms with Crippen LogP contribution in [-0.2, 0) is 4.74 Å². The summed E-state index contributed by atoms with van der Waals surface area (Å²) in [6.45, 7) is 10.5. The Hall–Kier alpha value is -2.56. The van der Waals surface area contributed by atoms with Gasteiger partial charge < -0.3 is 9.64 Å². The summed E-state index contributed by atoms with van der Waals surface area (Å²) >= 11 is 0. The van der Waals surface area contributed by atoms with E-state index in [1.165, 1.54) is 5.56 Å². The van der Waals surface area contributed by atoms with Crippen molar-refractivity contribution in [1.82, 2.24) is 4.98 Å². The SMILES string of the molecule is CCN(c1ccc(NC(=O)OC(C)(C)C)nc1)c1cccc(C)c1. The highest BCUT2D eigenvalue weighted by molar-refractivity contribution is 5.83. The molecule has 1 amide bonds. The van der Waals surface area contributed by atoms with Crippen LogP contribution in [0.1, 0.15) is 33.3 Å². The Morgan fingerprint density at radius 1 is 1.21 bits per heavy atom. The van der Waals surface area contributed by atoms with Crippen molar-refractivity contribution in [2.45, 2.75) is 40.2 Å². The number of hydrogen-bond acceptors (Lipinski definition) is 4. The summed E-state index contributed by atoms with van der Waals surface area (Å²) in [5.74, 6) is 0.466. The van der Waals surface area contributed by atoms with E-state index in [9.17, 15) is 4.79 Å². The summed E-state index contributed by atoms with van der Waals surface area (Å²) in [7, 11) is 0. The van der Waals surface area contributed by atoms with E-state index < -0.39 is 11.7 Å². The fourth-order valence-electron chi connectivity index (χ4n) is 2.34. The van der Waals surface area contributed by atoms with E-state index in [0.29, 0.717) is 5.82 Å². The van der Waals surface area contributed by atoms with E-state index in [4.69, 9.17) is 4.74 Å². The molecule has 5 heteroatoms. The monoisotopic (exact) mass is 327 g/mol. The molecule has 128 valence electrons. The Morgan fingerprint density at radius 3 is 2.50 bits per heavy atom. The molecule has 2 rings (SSSR count). The van der Waals surface area contributed by atoms with Crippen LogP contribution in [0.25, 0.3) is 0 Å². The minimum atomic E-state index is -0.534. The van der Waals surface area contributed by atoms with Gasteiger partial charge >= 0.3 is 6.09 Å². The van der Waals surface area contributed by atoms with E-state index in [1.807, 2.05) is 32.9 Å². The average molecular weight is 327 g/mol. The molecule has 0 unspecified atom stereocenters. The lowest BCUT2D eigenvalue weighted by molar-refractivity contribution is 0.0635. The standard InChI is InChI=1S/C19H25N3O2/c1-6-22(15-9-7-8-14(2)12-15)16-10-11-17(20-13-16)21-18(23)24-19(3,4)5/h7-13H,6H2,1-5H3,(H,20,21,23). The molecule has 0 aliphatic heterocycles. The summed E-state index contributed by atoms with van der Waals surface area (Å²) in [6.07, 6.45) is 1.24. The third kappa shape index (κ3) is 4.98. The number of anilines is 3. The minimum absolute atomic E-state index is 0.466. The van der Waals surface area contributed by atoms with Gasteiger partial charge in [0.15, 0.2) is 0 Å². The number of ether oxygens (including phenoxy) is 1. The van der Waals surface area contributed by atoms with Crippen LogP contribution in [0.4, 0.5) is 22.0 Å². The number of pyridine rings is 1. The van der Waals surface area contributed by atoms with E-state index in [1.54, 1.807) is 12.3 Å². The van der Waals surface area contributed by atoms with Crippen molar-refractivity contribution in [3.63, 3.8) is 0 Å². The lowest BCUT2D eigenvalue weighted by Crippen LogP contribution is -2.27. The highest BCUT2D eigenvalue weighted by Crippen LogP contribution is 2.26. The van der Waals surface area contributed by atoms with Crippen molar-refractivity contribution >= 4 is 23.3 Å². The van der Waals surface area contributed by atoms with Crippen molar-refractivity contribution in [3.8, 4) is 0 Å². The molecule has 1 aromatic carbocycles. The summed E-state index contributed by atoms with van der Waals surface area (Å²) in [5, 5.41) is 2.64. The number of carbonyl (C=O) groups excluding carboxylic acids is 1. The molecule has 2 aromatic rings. The molecular formula is C19H25N3O2. The summed E-state index contributed by atoms with van der Waals surface area (Å²) in [5.41, 5.74) is 2.76. The van der Waals surface area contributed by atoms with Crippen LogP contribution in [0.15, 0.2) is 42.6 Å². The van der Waals surface area contributed by atoms with Crippen molar-refractivity contribution in [2.24, 2.45) is 0 Å². The molecule has 0 saturated carbocycles. The van der Waals surface area contributed by atoms with Crippen molar-refractivity contribution < 1.29 is 9.53 Å². The molecule has 5 nitrogen and oxygen atoms in total. The van der Waals surface area contributed by atoms with Crippen LogP contribution in [0.3, 0.4) is 0 Å². The molecular weight excluding hydrogens is 302 g/mol. The molecule has 0 aliphatic rings. The maximum atomic E-state index is 11.8. The number of nitrogens with one attached hydrogen (secondary N) is 1. The van der Waals surface area contributed by atoms with Crippen molar-refractivity contribution in [2.75, 3.05) is 16.8 Å². The molecule has 0 atom stereocenters. The molecule has 1 aromatic heterocycles. The quantitative estimate of drug-likeness (QED) is 0.868. The second kappa shape index (κ2) is 7.34. The predicted molar refractivity (Wildman–Crippen MR) is 98.0 cm³/mol. The zero-order chi connectivity index (χ0) is 17.7. The topological polar surface area (TPSA) is 54.5 Å². The molecule has 0 saturated heterocycles. The smallest absolute Gasteiger partial charge is 0.413 e. The Bertz CT molecular complexity index is 691. The maximum absolute atomic E-state index is 11.8. The van der Waals surface area contributed by atoms with Crippen LogP contribution >= 0.6 is 0 Å². The molecule has 0 fully saturated rings. The van der Waals surface area contributed by atoms with Gasteiger partial charge in [-0.3, -0.25) is 5.32 Å². The van der Waals surface area contributed by atoms with Crippen LogP contribution < -0.4 is 10.2 Å². The normalized spacial score (nSPS) is 11.0. The number of amides is 1. The van der Waals surface area contributed by atoms with E-state index >= 15 is 0 Å². The second-order valence-electron chi connectivity index (χ2n) is 6.61. The Kier molecular flexibility index (Phi) is 5.44. The zero-order valence-electron chi connectivity index (χ0n) is 15.0. The lowest BCUT2D eigenvalue weighted by atomic mass is 10.2. The van der Waals surface area contributed by atoms with Gasteiger partial charge in [0.25, 0.3) is 0 Å². The fraction of sp³-hybridized carbons (Fsp3) is 0.368. The maximum Gasteiger partial charge on any atom is 0.413 e. The first-order valence-electron chi connectivity index (χ1n) is 8.09. The Labute approximate surface area is 143 Å². The third-order valence-electron chi connectivity index (χ3n) is 3.32. The summed E-state index contributed by atoms with van der Waals surface area (Å²) in [4.78, 5) is 18.3. The Balaban J connectivity index is 2.11. The van der Waals surface area contributed by atoms with Gasteiger partial charge in [0, 0.05) is 12.2 Å². The number of aromatic nitrogens is 1. The van der Waals surface area contributed by atoms with E-state index in [2.05, 4.69) is 47.2 Å². The number of rotatable bonds is 4. The number of benzene rings is 1. The average Bonchev–Trinajstić information content (AvgIpc) is 2.48. The molecule has 1 N–H and O–H groups in total. The highest BCUT2D eigenvalue weighted by Gasteiger charge is 2.16. The molecule has 1 heterocycles. The Morgan fingerprint density at radius 2 is 1.96 bits per heavy atom. The van der Waals surface area contributed by atoms with E-state index in [-0.39, 0.29) is 0 Å². The summed E-state index contributed by atoms with van der Waals surface area (Å²) < 4.78 is 5.22. The first-order valence-corrected chi connectivity index (χ1v) is 8.09. The van der Waals surface area contributed by atoms with Gasteiger partial charge in [-0.2, -0.15) is 0 Å².